The summed E-state index contributed by atoms with van der Waals surface area (Å²) in [5, 5.41) is 11.9. The lowest BCUT2D eigenvalue weighted by Gasteiger charge is -2.42. The second-order valence-corrected chi connectivity index (χ2v) is 12.1. The van der Waals surface area contributed by atoms with Gasteiger partial charge in [-0.25, -0.2) is 4.79 Å². The minimum absolute atomic E-state index is 0.148. The van der Waals surface area contributed by atoms with Crippen molar-refractivity contribution < 1.29 is 9.90 Å². The lowest BCUT2D eigenvalue weighted by atomic mass is 9.62. The van der Waals surface area contributed by atoms with Crippen molar-refractivity contribution in [2.24, 2.45) is 0 Å². The molecule has 0 amide bonds. The number of rotatable bonds is 5. The maximum Gasteiger partial charge on any atom is 0.335 e. The van der Waals surface area contributed by atoms with E-state index in [4.69, 9.17) is 0 Å². The van der Waals surface area contributed by atoms with Crippen molar-refractivity contribution in [2.45, 2.75) is 57.8 Å². The summed E-state index contributed by atoms with van der Waals surface area (Å²) < 4.78 is 0. The maximum absolute atomic E-state index is 11.5. The molecule has 0 spiro atoms. The van der Waals surface area contributed by atoms with Gasteiger partial charge in [0.15, 0.2) is 0 Å². The van der Waals surface area contributed by atoms with Gasteiger partial charge in [-0.05, 0) is 105 Å². The number of nitrogens with zero attached hydrogens (tertiary/aromatic N) is 1. The number of carboxylic acids is 1. The number of fused-ring (bicyclic) bond motifs is 2. The van der Waals surface area contributed by atoms with Crippen molar-refractivity contribution in [3.63, 3.8) is 0 Å². The molecule has 1 N–H and O–H groups in total. The molecule has 0 saturated carbocycles. The number of benzene rings is 4. The van der Waals surface area contributed by atoms with Crippen LogP contribution in [-0.4, -0.2) is 25.2 Å². The Morgan fingerprint density at radius 3 is 1.84 bits per heavy atom. The molecule has 0 atom stereocenters. The average molecular weight is 492 g/mol. The Labute approximate surface area is 220 Å². The average Bonchev–Trinajstić information content (AvgIpc) is 2.86. The van der Waals surface area contributed by atoms with E-state index in [1.807, 2.05) is 12.1 Å². The Kier molecular flexibility index (Phi) is 6.14. The lowest BCUT2D eigenvalue weighted by molar-refractivity contribution is 0.0697. The molecule has 0 fully saturated rings. The Bertz CT molecular complexity index is 1480. The first-order valence-corrected chi connectivity index (χ1v) is 13.2. The fourth-order valence-corrected chi connectivity index (χ4v) is 5.75. The maximum atomic E-state index is 11.5. The Balaban J connectivity index is 1.69. The van der Waals surface area contributed by atoms with Crippen LogP contribution in [0.2, 0.25) is 0 Å². The highest BCUT2D eigenvalue weighted by Crippen LogP contribution is 2.47. The van der Waals surface area contributed by atoms with Gasteiger partial charge < -0.3 is 10.0 Å². The van der Waals surface area contributed by atoms with Crippen LogP contribution < -0.4 is 4.90 Å². The molecule has 0 aromatic heterocycles. The zero-order chi connectivity index (χ0) is 26.5. The van der Waals surface area contributed by atoms with Crippen LogP contribution in [0.4, 0.5) is 5.69 Å². The fraction of sp³-hybridized carbons (Fsp3) is 0.324. The molecule has 4 aromatic carbocycles. The summed E-state index contributed by atoms with van der Waals surface area (Å²) in [6, 6.07) is 25.5. The number of hydrogen-bond donors (Lipinski definition) is 1. The molecule has 0 bridgehead atoms. The molecule has 0 saturated heterocycles. The van der Waals surface area contributed by atoms with Gasteiger partial charge in [0.2, 0.25) is 0 Å². The van der Waals surface area contributed by atoms with E-state index in [0.29, 0.717) is 5.56 Å². The van der Waals surface area contributed by atoms with Gasteiger partial charge >= 0.3 is 5.97 Å². The molecule has 3 heteroatoms. The van der Waals surface area contributed by atoms with Crippen LogP contribution >= 0.6 is 0 Å². The van der Waals surface area contributed by atoms with Gasteiger partial charge in [-0.1, -0.05) is 70.2 Å². The van der Waals surface area contributed by atoms with Crippen LogP contribution in [0.5, 0.6) is 0 Å². The third kappa shape index (κ3) is 4.75. The molecule has 1 aliphatic carbocycles. The van der Waals surface area contributed by atoms with E-state index in [1.165, 1.54) is 51.6 Å². The summed E-state index contributed by atoms with van der Waals surface area (Å²) in [5.74, 6) is -0.900. The number of aromatic carboxylic acids is 1. The Morgan fingerprint density at radius 1 is 0.784 bits per heavy atom. The van der Waals surface area contributed by atoms with Crippen molar-refractivity contribution in [3.05, 3.63) is 101 Å². The Morgan fingerprint density at radius 2 is 1.32 bits per heavy atom. The van der Waals surface area contributed by atoms with Crippen LogP contribution in [0, 0.1) is 0 Å². The molecule has 1 aliphatic rings. The zero-order valence-electron chi connectivity index (χ0n) is 22.9. The van der Waals surface area contributed by atoms with E-state index in [0.717, 1.165) is 17.5 Å². The highest BCUT2D eigenvalue weighted by Gasteiger charge is 2.37. The smallest absolute Gasteiger partial charge is 0.335 e. The van der Waals surface area contributed by atoms with Crippen LogP contribution in [-0.2, 0) is 17.3 Å². The van der Waals surface area contributed by atoms with Crippen molar-refractivity contribution in [1.82, 2.24) is 0 Å². The summed E-state index contributed by atoms with van der Waals surface area (Å²) in [4.78, 5) is 13.6. The molecule has 5 rings (SSSR count). The quantitative estimate of drug-likeness (QED) is 0.306. The van der Waals surface area contributed by atoms with Gasteiger partial charge in [0.1, 0.15) is 0 Å². The molecule has 37 heavy (non-hydrogen) atoms. The van der Waals surface area contributed by atoms with E-state index in [-0.39, 0.29) is 10.8 Å². The van der Waals surface area contributed by atoms with Gasteiger partial charge in [-0.2, -0.15) is 0 Å². The highest BCUT2D eigenvalue weighted by molar-refractivity contribution is 5.92. The van der Waals surface area contributed by atoms with Gasteiger partial charge in [0.25, 0.3) is 0 Å². The number of carbonyl (C=O) groups is 1. The number of hydrogen-bond acceptors (Lipinski definition) is 2. The normalized spacial score (nSPS) is 15.8. The molecule has 3 nitrogen and oxygen atoms in total. The van der Waals surface area contributed by atoms with Gasteiger partial charge in [0, 0.05) is 19.8 Å². The van der Waals surface area contributed by atoms with E-state index in [9.17, 15) is 9.90 Å². The van der Waals surface area contributed by atoms with Crippen LogP contribution in [0.1, 0.15) is 73.1 Å². The second kappa shape index (κ2) is 9.06. The summed E-state index contributed by atoms with van der Waals surface area (Å²) in [7, 11) is 4.11. The highest BCUT2D eigenvalue weighted by atomic mass is 16.4. The molecular weight excluding hydrogens is 454 g/mol. The van der Waals surface area contributed by atoms with E-state index >= 15 is 0 Å². The van der Waals surface area contributed by atoms with E-state index in [2.05, 4.69) is 95.2 Å². The summed E-state index contributed by atoms with van der Waals surface area (Å²) in [6.07, 6.45) is 3.19. The SMILES string of the molecule is CN(C)c1ccc(Cc2cc3cc4c(cc3cc2-c2ccc(C(=O)O)cc2)C(C)(C)CCC4(C)C)cc1. The molecule has 4 aromatic rings. The summed E-state index contributed by atoms with van der Waals surface area (Å²) >= 11 is 0. The first-order valence-electron chi connectivity index (χ1n) is 13.2. The standard InChI is InChI=1S/C34H37NO2/c1-33(2)15-16-34(3,4)31-21-26-19-29(23-9-11-24(12-10-23)32(36)37)27(18-25(26)20-30(31)33)17-22-7-13-28(14-8-22)35(5)6/h7-14,18-21H,15-17H2,1-6H3,(H,36,37). The molecule has 0 radical (unpaired) electrons. The van der Waals surface area contributed by atoms with E-state index in [1.54, 1.807) is 12.1 Å². The first kappa shape index (κ1) is 25.1. The minimum atomic E-state index is -0.900. The van der Waals surface area contributed by atoms with Crippen molar-refractivity contribution in [1.29, 1.82) is 0 Å². The van der Waals surface area contributed by atoms with Crippen molar-refractivity contribution in [3.8, 4) is 11.1 Å². The van der Waals surface area contributed by atoms with Gasteiger partial charge in [0.05, 0.1) is 5.56 Å². The molecule has 0 heterocycles. The van der Waals surface area contributed by atoms with Crippen molar-refractivity contribution >= 4 is 22.4 Å². The van der Waals surface area contributed by atoms with Crippen LogP contribution in [0.3, 0.4) is 0 Å². The third-order valence-electron chi connectivity index (χ3n) is 8.32. The van der Waals surface area contributed by atoms with Gasteiger partial charge in [-0.3, -0.25) is 0 Å². The predicted molar refractivity (Wildman–Crippen MR) is 155 cm³/mol. The minimum Gasteiger partial charge on any atom is -0.478 e. The molecule has 190 valence electrons. The fourth-order valence-electron chi connectivity index (χ4n) is 5.75. The van der Waals surface area contributed by atoms with Crippen molar-refractivity contribution in [2.75, 3.05) is 19.0 Å². The predicted octanol–water partition coefficient (Wildman–Crippen LogP) is 8.21. The topological polar surface area (TPSA) is 40.5 Å². The monoisotopic (exact) mass is 491 g/mol. The lowest BCUT2D eigenvalue weighted by Crippen LogP contribution is -2.33. The largest absolute Gasteiger partial charge is 0.478 e. The second-order valence-electron chi connectivity index (χ2n) is 12.1. The van der Waals surface area contributed by atoms with Crippen LogP contribution in [0.15, 0.2) is 72.8 Å². The summed E-state index contributed by atoms with van der Waals surface area (Å²) in [5.41, 5.74) is 9.44. The van der Waals surface area contributed by atoms with E-state index < -0.39 is 5.97 Å². The first-order chi connectivity index (χ1) is 17.4. The third-order valence-corrected chi connectivity index (χ3v) is 8.32. The number of anilines is 1. The molecule has 0 unspecified atom stereocenters. The Hall–Kier alpha value is -3.59. The van der Waals surface area contributed by atoms with Crippen LogP contribution in [0.25, 0.3) is 21.9 Å². The molecule has 0 aliphatic heterocycles. The number of carboxylic acid groups (broad SMARTS) is 1. The summed E-state index contributed by atoms with van der Waals surface area (Å²) in [6.45, 7) is 9.48. The van der Waals surface area contributed by atoms with Gasteiger partial charge in [-0.15, -0.1) is 0 Å². The molecular formula is C34H37NO2. The zero-order valence-corrected chi connectivity index (χ0v) is 22.9.